The lowest BCUT2D eigenvalue weighted by molar-refractivity contribution is -0.0735. The Kier molecular flexibility index (Phi) is 7.41. The minimum absolute atomic E-state index is 0.0184. The van der Waals surface area contributed by atoms with E-state index in [0.717, 1.165) is 41.7 Å². The molecular formula is C24H28N2O5S2. The van der Waals surface area contributed by atoms with E-state index in [2.05, 4.69) is 9.83 Å². The minimum atomic E-state index is -0.984. The summed E-state index contributed by atoms with van der Waals surface area (Å²) in [5, 5.41) is 40.4. The van der Waals surface area contributed by atoms with Gasteiger partial charge < -0.3 is 25.3 Å². The number of nitrogens with zero attached hydrogens (tertiary/aromatic N) is 2. The summed E-state index contributed by atoms with van der Waals surface area (Å²) in [4.78, 5) is 19.2. The maximum absolute atomic E-state index is 11.0. The molecule has 2 fully saturated rings. The third-order valence-electron chi connectivity index (χ3n) is 7.27. The summed E-state index contributed by atoms with van der Waals surface area (Å²) in [5.41, 5.74) is 1.28. The molecule has 0 radical (unpaired) electrons. The molecule has 5 atom stereocenters. The number of rotatable bonds is 9. The largest absolute Gasteiger partial charge is 0.477 e. The van der Waals surface area contributed by atoms with Gasteiger partial charge >= 0.3 is 5.97 Å². The van der Waals surface area contributed by atoms with Crippen LogP contribution in [0.25, 0.3) is 4.85 Å². The Morgan fingerprint density at radius 2 is 2.06 bits per heavy atom. The summed E-state index contributed by atoms with van der Waals surface area (Å²) in [6.45, 7) is 7.57. The van der Waals surface area contributed by atoms with E-state index >= 15 is 0 Å². The molecule has 1 heterocycles. The number of thioether (sulfide) groups is 1. The number of thiazole rings is 1. The number of aliphatic hydroxyl groups is 3. The van der Waals surface area contributed by atoms with Crippen LogP contribution in [0, 0.1) is 17.9 Å². The molecule has 0 amide bonds. The molecule has 0 spiro atoms. The maximum atomic E-state index is 11.0. The monoisotopic (exact) mass is 488 g/mol. The van der Waals surface area contributed by atoms with Crippen molar-refractivity contribution in [2.45, 2.75) is 60.6 Å². The Bertz CT molecular complexity index is 1010. The van der Waals surface area contributed by atoms with Gasteiger partial charge in [-0.2, -0.15) is 0 Å². The zero-order valence-electron chi connectivity index (χ0n) is 18.1. The van der Waals surface area contributed by atoms with Crippen LogP contribution in [-0.4, -0.2) is 55.9 Å². The van der Waals surface area contributed by atoms with Gasteiger partial charge in [-0.05, 0) is 30.4 Å². The van der Waals surface area contributed by atoms with Crippen molar-refractivity contribution >= 4 is 29.1 Å². The Balaban J connectivity index is 1.45. The number of carboxylic acid groups (broad SMARTS) is 1. The normalized spacial score (nSPS) is 27.0. The molecule has 0 aliphatic heterocycles. The molecule has 4 rings (SSSR count). The Morgan fingerprint density at radius 3 is 2.61 bits per heavy atom. The number of aliphatic hydroxyl groups excluding tert-OH is 3. The SMILES string of the molecule is [C-]#[N+][C@@H]1C[C@@H](O)C(c2ccc(C(O)C3(CO)CCC3)cc2)C1CCSc1ncc(C(=O)O)s1. The van der Waals surface area contributed by atoms with Crippen LogP contribution in [-0.2, 0) is 0 Å². The first-order chi connectivity index (χ1) is 15.9. The number of aromatic carboxylic acids is 1. The van der Waals surface area contributed by atoms with E-state index in [1.165, 1.54) is 18.0 Å². The molecule has 0 saturated heterocycles. The van der Waals surface area contributed by atoms with Gasteiger partial charge in [0.05, 0.1) is 25.0 Å². The number of aromatic nitrogens is 1. The molecule has 176 valence electrons. The fourth-order valence-corrected chi connectivity index (χ4v) is 7.13. The Labute approximate surface area is 201 Å². The van der Waals surface area contributed by atoms with Crippen molar-refractivity contribution in [2.24, 2.45) is 11.3 Å². The first-order valence-corrected chi connectivity index (χ1v) is 12.9. The third-order valence-corrected chi connectivity index (χ3v) is 9.45. The van der Waals surface area contributed by atoms with Crippen LogP contribution >= 0.6 is 23.1 Å². The van der Waals surface area contributed by atoms with Crippen molar-refractivity contribution in [1.82, 2.24) is 4.98 Å². The van der Waals surface area contributed by atoms with Gasteiger partial charge in [0, 0.05) is 29.4 Å². The van der Waals surface area contributed by atoms with E-state index in [0.29, 0.717) is 22.9 Å². The van der Waals surface area contributed by atoms with Crippen molar-refractivity contribution in [3.63, 3.8) is 0 Å². The number of carboxylic acids is 1. The van der Waals surface area contributed by atoms with Crippen LogP contribution in [0.1, 0.15) is 64.9 Å². The standard InChI is InChI=1S/C24H28N2O5S2/c1-25-17-11-18(28)20(16(17)7-10-32-23-26-12-19(33-23)22(30)31)14-3-5-15(6-4-14)21(29)24(13-27)8-2-9-24/h3-6,12,16-18,20-21,27-29H,2,7-11,13H2,(H,30,31)/t16?,17-,18-,20?,21?/m1/s1. The molecule has 9 heteroatoms. The smallest absolute Gasteiger partial charge is 0.347 e. The molecule has 1 aromatic carbocycles. The molecule has 1 aromatic heterocycles. The van der Waals surface area contributed by atoms with E-state index in [1.807, 2.05) is 24.3 Å². The first-order valence-electron chi connectivity index (χ1n) is 11.1. The van der Waals surface area contributed by atoms with Crippen LogP contribution in [0.3, 0.4) is 0 Å². The molecule has 3 unspecified atom stereocenters. The van der Waals surface area contributed by atoms with Crippen molar-refractivity contribution < 1.29 is 25.2 Å². The fraction of sp³-hybridized carbons (Fsp3) is 0.542. The van der Waals surface area contributed by atoms with E-state index in [9.17, 15) is 20.1 Å². The number of carbonyl (C=O) groups is 1. The summed E-state index contributed by atoms with van der Waals surface area (Å²) < 4.78 is 0.689. The summed E-state index contributed by atoms with van der Waals surface area (Å²) in [6.07, 6.45) is 3.82. The van der Waals surface area contributed by atoms with Gasteiger partial charge in [0.25, 0.3) is 0 Å². The van der Waals surface area contributed by atoms with Crippen LogP contribution in [0.2, 0.25) is 0 Å². The molecule has 33 heavy (non-hydrogen) atoms. The highest BCUT2D eigenvalue weighted by atomic mass is 32.2. The minimum Gasteiger partial charge on any atom is -0.477 e. The van der Waals surface area contributed by atoms with Crippen LogP contribution in [0.15, 0.2) is 34.8 Å². The lowest BCUT2D eigenvalue weighted by Gasteiger charge is -2.44. The van der Waals surface area contributed by atoms with E-state index in [-0.39, 0.29) is 29.4 Å². The highest BCUT2D eigenvalue weighted by Gasteiger charge is 2.47. The van der Waals surface area contributed by atoms with Crippen LogP contribution < -0.4 is 0 Å². The molecule has 2 aromatic rings. The predicted molar refractivity (Wildman–Crippen MR) is 126 cm³/mol. The molecule has 7 nitrogen and oxygen atoms in total. The Morgan fingerprint density at radius 1 is 1.33 bits per heavy atom. The quantitative estimate of drug-likeness (QED) is 0.312. The second-order valence-electron chi connectivity index (χ2n) is 9.07. The summed E-state index contributed by atoms with van der Waals surface area (Å²) in [6, 6.07) is 7.35. The van der Waals surface area contributed by atoms with Crippen LogP contribution in [0.4, 0.5) is 0 Å². The second-order valence-corrected chi connectivity index (χ2v) is 11.4. The Hall–Kier alpha value is -1.96. The van der Waals surface area contributed by atoms with E-state index in [1.54, 1.807) is 0 Å². The van der Waals surface area contributed by atoms with Crippen molar-refractivity contribution in [1.29, 1.82) is 0 Å². The molecule has 2 aliphatic carbocycles. The maximum Gasteiger partial charge on any atom is 0.347 e. The second kappa shape index (κ2) is 10.1. The van der Waals surface area contributed by atoms with Crippen molar-refractivity contribution in [3.05, 3.63) is 57.9 Å². The number of benzene rings is 1. The van der Waals surface area contributed by atoms with Gasteiger partial charge in [0.2, 0.25) is 6.04 Å². The van der Waals surface area contributed by atoms with Crippen molar-refractivity contribution in [3.8, 4) is 0 Å². The molecule has 4 N–H and O–H groups in total. The molecule has 0 bridgehead atoms. The molecule has 2 aliphatic rings. The van der Waals surface area contributed by atoms with Gasteiger partial charge in [0.1, 0.15) is 4.88 Å². The summed E-state index contributed by atoms with van der Waals surface area (Å²) in [7, 11) is 0. The highest BCUT2D eigenvalue weighted by Crippen LogP contribution is 2.50. The van der Waals surface area contributed by atoms with Crippen molar-refractivity contribution in [2.75, 3.05) is 12.4 Å². The average Bonchev–Trinajstić information content (AvgIpc) is 3.38. The predicted octanol–water partition coefficient (Wildman–Crippen LogP) is 3.97. The third kappa shape index (κ3) is 4.81. The van der Waals surface area contributed by atoms with Crippen LogP contribution in [0.5, 0.6) is 0 Å². The van der Waals surface area contributed by atoms with Gasteiger partial charge in [-0.3, -0.25) is 0 Å². The summed E-state index contributed by atoms with van der Waals surface area (Å²) >= 11 is 2.62. The first kappa shape index (κ1) is 24.2. The zero-order valence-corrected chi connectivity index (χ0v) is 19.8. The van der Waals surface area contributed by atoms with E-state index < -0.39 is 23.6 Å². The zero-order chi connectivity index (χ0) is 23.6. The summed E-state index contributed by atoms with van der Waals surface area (Å²) in [5.74, 6) is -0.489. The van der Waals surface area contributed by atoms with Gasteiger partial charge in [-0.1, -0.05) is 42.4 Å². The van der Waals surface area contributed by atoms with Gasteiger partial charge in [-0.15, -0.1) is 11.3 Å². The molecule has 2 saturated carbocycles. The fourth-order valence-electron chi connectivity index (χ4n) is 5.19. The van der Waals surface area contributed by atoms with Gasteiger partial charge in [-0.25, -0.2) is 16.4 Å². The lowest BCUT2D eigenvalue weighted by Crippen LogP contribution is -2.39. The number of hydrogen-bond acceptors (Lipinski definition) is 7. The van der Waals surface area contributed by atoms with E-state index in [4.69, 9.17) is 11.7 Å². The topological polar surface area (TPSA) is 115 Å². The molecular weight excluding hydrogens is 460 g/mol. The van der Waals surface area contributed by atoms with Gasteiger partial charge in [0.15, 0.2) is 4.34 Å². The lowest BCUT2D eigenvalue weighted by atomic mass is 9.64. The number of hydrogen-bond donors (Lipinski definition) is 4. The highest BCUT2D eigenvalue weighted by molar-refractivity contribution is 8.01. The average molecular weight is 489 g/mol.